The van der Waals surface area contributed by atoms with Gasteiger partial charge in [-0.15, -0.1) is 0 Å². The lowest BCUT2D eigenvalue weighted by Gasteiger charge is -2.30. The standard InChI is InChI=1S/C48H40N2O2/c1-51-39-25-21-37(22-26-39)49(35-15-5-3-6-16-35)47-32-45-43-29-33-13-9-10-14-34(33)30-46(43)48(31-44(45)41-19-11-12-20-42(41)47)50(36-17-7-4-8-18-36)38-23-27-40(52-2)28-24-38/h3-8,11-12,15-32H,9-10,13-14H2,1-2H3. The Bertz CT molecular complexity index is 2530. The fourth-order valence-corrected chi connectivity index (χ4v) is 8.03. The molecule has 0 aromatic heterocycles. The SMILES string of the molecule is COc1ccc(N(c2ccccc2)c2cc3c4cc5c(cc4c(N(c4ccccc4)c4ccc(OC)cc4)cc3c3ccccc23)CCCC5)cc1. The van der Waals surface area contributed by atoms with Crippen LogP contribution < -0.4 is 19.3 Å². The number of nitrogens with zero attached hydrogens (tertiary/aromatic N) is 2. The van der Waals surface area contributed by atoms with E-state index in [0.717, 1.165) is 52.8 Å². The van der Waals surface area contributed by atoms with E-state index in [0.29, 0.717) is 0 Å². The van der Waals surface area contributed by atoms with E-state index in [9.17, 15) is 0 Å². The largest absolute Gasteiger partial charge is 0.497 e. The lowest BCUT2D eigenvalue weighted by Crippen LogP contribution is -2.12. The van der Waals surface area contributed by atoms with Gasteiger partial charge in [0.25, 0.3) is 0 Å². The van der Waals surface area contributed by atoms with Crippen LogP contribution in [0.25, 0.3) is 32.3 Å². The number of benzene rings is 8. The highest BCUT2D eigenvalue weighted by Gasteiger charge is 2.23. The van der Waals surface area contributed by atoms with Gasteiger partial charge in [0.15, 0.2) is 0 Å². The van der Waals surface area contributed by atoms with Crippen molar-refractivity contribution in [2.45, 2.75) is 25.7 Å². The van der Waals surface area contributed by atoms with Gasteiger partial charge in [0.1, 0.15) is 11.5 Å². The summed E-state index contributed by atoms with van der Waals surface area (Å²) in [5.41, 5.74) is 9.61. The second kappa shape index (κ2) is 13.5. The highest BCUT2D eigenvalue weighted by molar-refractivity contribution is 6.24. The monoisotopic (exact) mass is 676 g/mol. The summed E-state index contributed by atoms with van der Waals surface area (Å²) in [4.78, 5) is 4.79. The van der Waals surface area contributed by atoms with E-state index in [1.807, 2.05) is 12.1 Å². The molecule has 0 radical (unpaired) electrons. The molecule has 0 atom stereocenters. The molecule has 1 aliphatic rings. The van der Waals surface area contributed by atoms with Crippen molar-refractivity contribution in [2.24, 2.45) is 0 Å². The van der Waals surface area contributed by atoms with Crippen molar-refractivity contribution in [2.75, 3.05) is 24.0 Å². The Morgan fingerprint density at radius 3 is 1.25 bits per heavy atom. The fourth-order valence-electron chi connectivity index (χ4n) is 8.03. The number of ether oxygens (including phenoxy) is 2. The molecule has 9 rings (SSSR count). The van der Waals surface area contributed by atoms with Gasteiger partial charge in [-0.2, -0.15) is 0 Å². The van der Waals surface area contributed by atoms with Crippen LogP contribution in [0.4, 0.5) is 34.1 Å². The van der Waals surface area contributed by atoms with Crippen molar-refractivity contribution in [3.63, 3.8) is 0 Å². The molecule has 4 nitrogen and oxygen atoms in total. The second-order valence-corrected chi connectivity index (χ2v) is 13.5. The predicted octanol–water partition coefficient (Wildman–Crippen LogP) is 13.0. The summed E-state index contributed by atoms with van der Waals surface area (Å²) >= 11 is 0. The maximum Gasteiger partial charge on any atom is 0.119 e. The molecule has 1 aliphatic carbocycles. The molecule has 0 N–H and O–H groups in total. The van der Waals surface area contributed by atoms with Crippen molar-refractivity contribution in [1.82, 2.24) is 0 Å². The molecule has 0 heterocycles. The quantitative estimate of drug-likeness (QED) is 0.150. The number of hydrogen-bond donors (Lipinski definition) is 0. The van der Waals surface area contributed by atoms with Crippen LogP contribution in [0.2, 0.25) is 0 Å². The van der Waals surface area contributed by atoms with E-state index < -0.39 is 0 Å². The number of fused-ring (bicyclic) bond motifs is 6. The van der Waals surface area contributed by atoms with Crippen LogP contribution in [0.15, 0.2) is 158 Å². The van der Waals surface area contributed by atoms with E-state index in [2.05, 4.69) is 155 Å². The van der Waals surface area contributed by atoms with Crippen LogP contribution in [-0.4, -0.2) is 14.2 Å². The molecule has 8 aromatic rings. The maximum absolute atomic E-state index is 5.58. The third kappa shape index (κ3) is 5.57. The van der Waals surface area contributed by atoms with Gasteiger partial charge in [-0.3, -0.25) is 0 Å². The second-order valence-electron chi connectivity index (χ2n) is 13.5. The zero-order valence-electron chi connectivity index (χ0n) is 29.6. The van der Waals surface area contributed by atoms with Gasteiger partial charge in [-0.1, -0.05) is 66.7 Å². The molecule has 0 amide bonds. The summed E-state index contributed by atoms with van der Waals surface area (Å²) in [5, 5.41) is 7.41. The normalized spacial score (nSPS) is 12.5. The van der Waals surface area contributed by atoms with Crippen LogP contribution in [0, 0.1) is 0 Å². The van der Waals surface area contributed by atoms with Crippen molar-refractivity contribution >= 4 is 66.4 Å². The first kappa shape index (κ1) is 31.7. The molecule has 4 heteroatoms. The molecule has 0 fully saturated rings. The summed E-state index contributed by atoms with van der Waals surface area (Å²) in [6.45, 7) is 0. The molecule has 254 valence electrons. The van der Waals surface area contributed by atoms with Crippen LogP contribution in [0.3, 0.4) is 0 Å². The number of para-hydroxylation sites is 2. The van der Waals surface area contributed by atoms with Gasteiger partial charge in [-0.25, -0.2) is 0 Å². The molecular formula is C48H40N2O2. The average molecular weight is 677 g/mol. The molecule has 0 spiro atoms. The van der Waals surface area contributed by atoms with Crippen molar-refractivity contribution in [1.29, 1.82) is 0 Å². The van der Waals surface area contributed by atoms with Crippen LogP contribution in [0.5, 0.6) is 11.5 Å². The lowest BCUT2D eigenvalue weighted by atomic mass is 9.86. The van der Waals surface area contributed by atoms with Crippen LogP contribution >= 0.6 is 0 Å². The van der Waals surface area contributed by atoms with Gasteiger partial charge in [0, 0.05) is 33.5 Å². The van der Waals surface area contributed by atoms with Gasteiger partial charge < -0.3 is 19.3 Å². The number of aryl methyl sites for hydroxylation is 2. The molecule has 0 unspecified atom stereocenters. The highest BCUT2D eigenvalue weighted by Crippen LogP contribution is 2.48. The minimum atomic E-state index is 0.836. The van der Waals surface area contributed by atoms with Crippen molar-refractivity contribution < 1.29 is 9.47 Å². The Hall–Kier alpha value is -6.26. The Morgan fingerprint density at radius 2 is 0.750 bits per heavy atom. The first-order chi connectivity index (χ1) is 25.7. The Balaban J connectivity index is 1.39. The molecule has 0 saturated carbocycles. The smallest absolute Gasteiger partial charge is 0.119 e. The first-order valence-corrected chi connectivity index (χ1v) is 18.1. The van der Waals surface area contributed by atoms with Gasteiger partial charge >= 0.3 is 0 Å². The summed E-state index contributed by atoms with van der Waals surface area (Å²) in [7, 11) is 3.43. The third-order valence-corrected chi connectivity index (χ3v) is 10.6. The van der Waals surface area contributed by atoms with Crippen molar-refractivity contribution in [3.8, 4) is 11.5 Å². The van der Waals surface area contributed by atoms with E-state index in [-0.39, 0.29) is 0 Å². The molecule has 0 bridgehead atoms. The van der Waals surface area contributed by atoms with Crippen molar-refractivity contribution in [3.05, 3.63) is 169 Å². The summed E-state index contributed by atoms with van der Waals surface area (Å²) in [6.07, 6.45) is 4.68. The zero-order chi connectivity index (χ0) is 35.0. The molecule has 0 saturated heterocycles. The highest BCUT2D eigenvalue weighted by atomic mass is 16.5. The Labute approximate surface area is 305 Å². The maximum atomic E-state index is 5.58. The Morgan fingerprint density at radius 1 is 0.365 bits per heavy atom. The minimum Gasteiger partial charge on any atom is -0.497 e. The average Bonchev–Trinajstić information content (AvgIpc) is 3.22. The van der Waals surface area contributed by atoms with Gasteiger partial charge in [0.2, 0.25) is 0 Å². The summed E-state index contributed by atoms with van der Waals surface area (Å²) in [5.74, 6) is 1.68. The zero-order valence-corrected chi connectivity index (χ0v) is 29.6. The van der Waals surface area contributed by atoms with Gasteiger partial charge in [-0.05, 0) is 149 Å². The number of anilines is 6. The van der Waals surface area contributed by atoms with E-state index in [1.165, 1.54) is 62.0 Å². The molecule has 0 aliphatic heterocycles. The number of rotatable bonds is 8. The summed E-state index contributed by atoms with van der Waals surface area (Å²) < 4.78 is 11.1. The summed E-state index contributed by atoms with van der Waals surface area (Å²) in [6, 6.07) is 56.9. The Kier molecular flexibility index (Phi) is 8.21. The van der Waals surface area contributed by atoms with Gasteiger partial charge in [0.05, 0.1) is 25.6 Å². The number of methoxy groups -OCH3 is 2. The predicted molar refractivity (Wildman–Crippen MR) is 218 cm³/mol. The molecule has 8 aromatic carbocycles. The topological polar surface area (TPSA) is 24.9 Å². The van der Waals surface area contributed by atoms with Crippen LogP contribution in [-0.2, 0) is 12.8 Å². The number of hydrogen-bond acceptors (Lipinski definition) is 4. The third-order valence-electron chi connectivity index (χ3n) is 10.6. The molecule has 52 heavy (non-hydrogen) atoms. The lowest BCUT2D eigenvalue weighted by molar-refractivity contribution is 0.414. The van der Waals surface area contributed by atoms with E-state index in [1.54, 1.807) is 14.2 Å². The first-order valence-electron chi connectivity index (χ1n) is 18.1. The fraction of sp³-hybridized carbons (Fsp3) is 0.125. The molecular weight excluding hydrogens is 637 g/mol. The minimum absolute atomic E-state index is 0.836. The van der Waals surface area contributed by atoms with Crippen LogP contribution in [0.1, 0.15) is 24.0 Å². The van der Waals surface area contributed by atoms with E-state index >= 15 is 0 Å². The van der Waals surface area contributed by atoms with E-state index in [4.69, 9.17) is 9.47 Å².